The fourth-order valence-corrected chi connectivity index (χ4v) is 2.77. The van der Waals surface area contributed by atoms with Gasteiger partial charge in [0.25, 0.3) is 0 Å². The number of carbonyl (C=O) groups is 1. The first kappa shape index (κ1) is 16.6. The van der Waals surface area contributed by atoms with E-state index in [1.165, 1.54) is 0 Å². The number of rotatable bonds is 5. The van der Waals surface area contributed by atoms with E-state index in [9.17, 15) is 4.79 Å². The molecule has 122 valence electrons. The van der Waals surface area contributed by atoms with Crippen molar-refractivity contribution in [1.82, 2.24) is 4.90 Å². The number of carbonyl (C=O) groups excluding carboxylic acids is 1. The highest BCUT2D eigenvalue weighted by Crippen LogP contribution is 2.26. The number of hydrogen-bond donors (Lipinski definition) is 0. The van der Waals surface area contributed by atoms with E-state index >= 15 is 0 Å². The first-order valence-corrected chi connectivity index (χ1v) is 7.57. The number of amides is 1. The second-order valence-electron chi connectivity index (χ2n) is 6.09. The van der Waals surface area contributed by atoms with Gasteiger partial charge < -0.3 is 19.1 Å². The van der Waals surface area contributed by atoms with Gasteiger partial charge in [0.2, 0.25) is 5.91 Å². The molecule has 5 nitrogen and oxygen atoms in total. The van der Waals surface area contributed by atoms with Gasteiger partial charge in [-0.25, -0.2) is 0 Å². The summed E-state index contributed by atoms with van der Waals surface area (Å²) in [6.07, 6.45) is 1.08. The summed E-state index contributed by atoms with van der Waals surface area (Å²) in [4.78, 5) is 14.5. The van der Waals surface area contributed by atoms with Crippen LogP contribution in [0.1, 0.15) is 25.8 Å². The van der Waals surface area contributed by atoms with Gasteiger partial charge in [0, 0.05) is 13.0 Å². The van der Waals surface area contributed by atoms with Gasteiger partial charge in [0.1, 0.15) is 11.5 Å². The number of methoxy groups -OCH3 is 2. The average molecular weight is 307 g/mol. The molecule has 0 aliphatic carbocycles. The lowest BCUT2D eigenvalue weighted by atomic mass is 10.0. The van der Waals surface area contributed by atoms with Crippen molar-refractivity contribution in [2.45, 2.75) is 32.2 Å². The van der Waals surface area contributed by atoms with Gasteiger partial charge in [-0.3, -0.25) is 4.79 Å². The molecule has 1 aliphatic heterocycles. The molecule has 0 aromatic heterocycles. The van der Waals surface area contributed by atoms with Crippen LogP contribution in [0.2, 0.25) is 0 Å². The molecule has 0 bridgehead atoms. The Labute approximate surface area is 132 Å². The fourth-order valence-electron chi connectivity index (χ4n) is 2.77. The van der Waals surface area contributed by atoms with Crippen molar-refractivity contribution in [2.24, 2.45) is 0 Å². The molecule has 0 N–H and O–H groups in total. The molecule has 1 saturated heterocycles. The van der Waals surface area contributed by atoms with E-state index in [-0.39, 0.29) is 11.4 Å². The third kappa shape index (κ3) is 3.71. The summed E-state index contributed by atoms with van der Waals surface area (Å²) >= 11 is 0. The molecule has 0 unspecified atom stereocenters. The Morgan fingerprint density at radius 3 is 2.73 bits per heavy atom. The highest BCUT2D eigenvalue weighted by molar-refractivity contribution is 5.77. The van der Waals surface area contributed by atoms with Crippen LogP contribution in [0.4, 0.5) is 0 Å². The van der Waals surface area contributed by atoms with Crippen LogP contribution >= 0.6 is 0 Å². The fraction of sp³-hybridized carbons (Fsp3) is 0.588. The Morgan fingerprint density at radius 2 is 2.09 bits per heavy atom. The SMILES string of the molecule is COc1ccc(OC)c(CCC(=O)N2CCOCC2(C)C)c1. The maximum Gasteiger partial charge on any atom is 0.223 e. The van der Waals surface area contributed by atoms with Crippen LogP contribution in [0.15, 0.2) is 18.2 Å². The Kier molecular flexibility index (Phi) is 5.29. The summed E-state index contributed by atoms with van der Waals surface area (Å²) in [5.41, 5.74) is 0.745. The Morgan fingerprint density at radius 1 is 1.32 bits per heavy atom. The predicted octanol–water partition coefficient (Wildman–Crippen LogP) is 2.27. The molecule has 1 heterocycles. The van der Waals surface area contributed by atoms with Gasteiger partial charge in [-0.15, -0.1) is 0 Å². The summed E-state index contributed by atoms with van der Waals surface area (Å²) in [6.45, 7) is 5.92. The van der Waals surface area contributed by atoms with Gasteiger partial charge in [0.15, 0.2) is 0 Å². The molecule has 0 atom stereocenters. The average Bonchev–Trinajstić information content (AvgIpc) is 2.51. The summed E-state index contributed by atoms with van der Waals surface area (Å²) < 4.78 is 16.1. The van der Waals surface area contributed by atoms with Crippen molar-refractivity contribution >= 4 is 5.91 Å². The van der Waals surface area contributed by atoms with Crippen molar-refractivity contribution in [3.63, 3.8) is 0 Å². The first-order chi connectivity index (χ1) is 10.5. The minimum Gasteiger partial charge on any atom is -0.497 e. The van der Waals surface area contributed by atoms with Crippen molar-refractivity contribution in [3.8, 4) is 11.5 Å². The van der Waals surface area contributed by atoms with E-state index in [0.29, 0.717) is 32.6 Å². The molecule has 22 heavy (non-hydrogen) atoms. The first-order valence-electron chi connectivity index (χ1n) is 7.57. The van der Waals surface area contributed by atoms with Crippen LogP contribution in [-0.4, -0.2) is 50.3 Å². The maximum atomic E-state index is 12.5. The number of benzene rings is 1. The predicted molar refractivity (Wildman–Crippen MR) is 84.5 cm³/mol. The molecule has 1 amide bonds. The van der Waals surface area contributed by atoms with E-state index < -0.39 is 0 Å². The molecule has 1 aliphatic rings. The molecule has 2 rings (SSSR count). The highest BCUT2D eigenvalue weighted by Gasteiger charge is 2.33. The van der Waals surface area contributed by atoms with Crippen molar-refractivity contribution in [3.05, 3.63) is 23.8 Å². The molecule has 1 fully saturated rings. The second kappa shape index (κ2) is 7.01. The summed E-state index contributed by atoms with van der Waals surface area (Å²) in [5, 5.41) is 0. The van der Waals surface area contributed by atoms with Crippen molar-refractivity contribution in [2.75, 3.05) is 34.0 Å². The number of morpholine rings is 1. The molecule has 1 aromatic carbocycles. The van der Waals surface area contributed by atoms with Crippen molar-refractivity contribution < 1.29 is 19.0 Å². The van der Waals surface area contributed by atoms with Crippen LogP contribution in [0.25, 0.3) is 0 Å². The normalized spacial score (nSPS) is 17.2. The van der Waals surface area contributed by atoms with Crippen LogP contribution in [0.3, 0.4) is 0 Å². The van der Waals surface area contributed by atoms with E-state index in [1.54, 1.807) is 14.2 Å². The van der Waals surface area contributed by atoms with Gasteiger partial charge in [-0.1, -0.05) is 0 Å². The monoisotopic (exact) mass is 307 g/mol. The minimum atomic E-state index is -0.242. The molecule has 0 spiro atoms. The lowest BCUT2D eigenvalue weighted by Gasteiger charge is -2.42. The molecular weight excluding hydrogens is 282 g/mol. The van der Waals surface area contributed by atoms with Gasteiger partial charge in [-0.05, 0) is 44.0 Å². The van der Waals surface area contributed by atoms with Crippen LogP contribution < -0.4 is 9.47 Å². The van der Waals surface area contributed by atoms with Gasteiger partial charge in [-0.2, -0.15) is 0 Å². The number of nitrogens with zero attached hydrogens (tertiary/aromatic N) is 1. The lowest BCUT2D eigenvalue weighted by molar-refractivity contribution is -0.146. The van der Waals surface area contributed by atoms with E-state index in [1.807, 2.05) is 36.9 Å². The Hall–Kier alpha value is -1.75. The summed E-state index contributed by atoms with van der Waals surface area (Å²) in [5.74, 6) is 1.71. The van der Waals surface area contributed by atoms with Gasteiger partial charge in [0.05, 0.1) is 33.0 Å². The zero-order valence-electron chi connectivity index (χ0n) is 13.8. The van der Waals surface area contributed by atoms with Crippen LogP contribution in [0.5, 0.6) is 11.5 Å². The quantitative estimate of drug-likeness (QED) is 0.837. The zero-order chi connectivity index (χ0) is 16.2. The standard InChI is InChI=1S/C17H25NO4/c1-17(2)12-22-10-9-18(17)16(19)8-5-13-11-14(20-3)6-7-15(13)21-4/h6-7,11H,5,8-10,12H2,1-4H3. The Balaban J connectivity index is 2.04. The highest BCUT2D eigenvalue weighted by atomic mass is 16.5. The van der Waals surface area contributed by atoms with Crippen LogP contribution in [0, 0.1) is 0 Å². The number of aryl methyl sites for hydroxylation is 1. The zero-order valence-corrected chi connectivity index (χ0v) is 13.8. The topological polar surface area (TPSA) is 48.0 Å². The maximum absolute atomic E-state index is 12.5. The molecule has 1 aromatic rings. The summed E-state index contributed by atoms with van der Waals surface area (Å²) in [6, 6.07) is 5.66. The molecule has 0 radical (unpaired) electrons. The third-order valence-electron chi connectivity index (χ3n) is 4.04. The third-order valence-corrected chi connectivity index (χ3v) is 4.04. The van der Waals surface area contributed by atoms with E-state index in [2.05, 4.69) is 0 Å². The number of hydrogen-bond acceptors (Lipinski definition) is 4. The number of ether oxygens (including phenoxy) is 3. The largest absolute Gasteiger partial charge is 0.497 e. The smallest absolute Gasteiger partial charge is 0.223 e. The lowest BCUT2D eigenvalue weighted by Crippen LogP contribution is -2.55. The summed E-state index contributed by atoms with van der Waals surface area (Å²) in [7, 11) is 3.27. The van der Waals surface area contributed by atoms with Crippen LogP contribution in [-0.2, 0) is 16.0 Å². The molecular formula is C17H25NO4. The van der Waals surface area contributed by atoms with E-state index in [0.717, 1.165) is 17.1 Å². The van der Waals surface area contributed by atoms with E-state index in [4.69, 9.17) is 14.2 Å². The molecule has 5 heteroatoms. The van der Waals surface area contributed by atoms with Crippen molar-refractivity contribution in [1.29, 1.82) is 0 Å². The van der Waals surface area contributed by atoms with Gasteiger partial charge >= 0.3 is 0 Å². The Bertz CT molecular complexity index is 527. The minimum absolute atomic E-state index is 0.151. The second-order valence-corrected chi connectivity index (χ2v) is 6.09. The molecule has 0 saturated carbocycles.